The van der Waals surface area contributed by atoms with Crippen LogP contribution in [0, 0.1) is 0 Å². The van der Waals surface area contributed by atoms with Gasteiger partial charge in [-0.05, 0) is 17.5 Å². The van der Waals surface area contributed by atoms with Crippen molar-refractivity contribution in [3.8, 4) is 0 Å². The number of rotatable bonds is 5. The van der Waals surface area contributed by atoms with Crippen LogP contribution in [0.1, 0.15) is 29.4 Å². The number of benzene rings is 2. The molecule has 1 aliphatic carbocycles. The van der Waals surface area contributed by atoms with Gasteiger partial charge in [-0.2, -0.15) is 0 Å². The summed E-state index contributed by atoms with van der Waals surface area (Å²) < 4.78 is 23.4. The highest BCUT2D eigenvalue weighted by Gasteiger charge is 2.31. The molecule has 0 amide bonds. The van der Waals surface area contributed by atoms with Crippen molar-refractivity contribution in [2.75, 3.05) is 14.2 Å². The van der Waals surface area contributed by atoms with E-state index in [1.54, 1.807) is 0 Å². The molecule has 0 spiro atoms. The zero-order chi connectivity index (χ0) is 17.7. The van der Waals surface area contributed by atoms with Crippen molar-refractivity contribution >= 4 is 7.60 Å². The van der Waals surface area contributed by atoms with E-state index >= 15 is 0 Å². The Morgan fingerprint density at radius 1 is 0.840 bits per heavy atom. The van der Waals surface area contributed by atoms with Crippen molar-refractivity contribution in [2.24, 2.45) is 0 Å². The van der Waals surface area contributed by atoms with Crippen molar-refractivity contribution in [3.05, 3.63) is 95.3 Å². The van der Waals surface area contributed by atoms with Crippen molar-refractivity contribution in [1.82, 2.24) is 0 Å². The van der Waals surface area contributed by atoms with Gasteiger partial charge in [0, 0.05) is 31.4 Å². The fourth-order valence-corrected chi connectivity index (χ4v) is 4.61. The van der Waals surface area contributed by atoms with Gasteiger partial charge in [0.1, 0.15) is 0 Å². The normalized spacial score (nSPS) is 20.8. The maximum absolute atomic E-state index is 12.9. The lowest BCUT2D eigenvalue weighted by atomic mass is 9.81. The first kappa shape index (κ1) is 17.9. The van der Waals surface area contributed by atoms with Gasteiger partial charge in [0.2, 0.25) is 0 Å². The zero-order valence-corrected chi connectivity index (χ0v) is 15.4. The third-order valence-corrected chi connectivity index (χ3v) is 6.63. The van der Waals surface area contributed by atoms with Gasteiger partial charge in [-0.25, -0.2) is 0 Å². The largest absolute Gasteiger partial charge is 0.356 e. The highest BCUT2D eigenvalue weighted by Crippen LogP contribution is 2.58. The van der Waals surface area contributed by atoms with E-state index in [1.807, 2.05) is 24.3 Å². The fraction of sp³-hybridized carbons (Fsp3) is 0.238. The first-order valence-electron chi connectivity index (χ1n) is 8.37. The average Bonchev–Trinajstić information content (AvgIpc) is 2.92. The molecule has 3 rings (SSSR count). The van der Waals surface area contributed by atoms with Gasteiger partial charge < -0.3 is 9.05 Å². The molecule has 2 atom stereocenters. The molecule has 0 N–H and O–H groups in total. The van der Waals surface area contributed by atoms with Gasteiger partial charge in [0.15, 0.2) is 0 Å². The third-order valence-electron chi connectivity index (χ3n) is 4.63. The molecule has 25 heavy (non-hydrogen) atoms. The molecule has 1 aliphatic rings. The first-order valence-corrected chi connectivity index (χ1v) is 9.91. The van der Waals surface area contributed by atoms with Gasteiger partial charge in [0.05, 0.1) is 0 Å². The fourth-order valence-electron chi connectivity index (χ4n) is 3.32. The van der Waals surface area contributed by atoms with Crippen LogP contribution < -0.4 is 0 Å². The van der Waals surface area contributed by atoms with E-state index in [9.17, 15) is 4.57 Å². The minimum Gasteiger partial charge on any atom is -0.309 e. The van der Waals surface area contributed by atoms with Crippen LogP contribution in [0.15, 0.2) is 84.2 Å². The van der Waals surface area contributed by atoms with E-state index in [0.29, 0.717) is 11.7 Å². The van der Waals surface area contributed by atoms with Crippen LogP contribution in [0.3, 0.4) is 0 Å². The lowest BCUT2D eigenvalue weighted by Crippen LogP contribution is -2.07. The summed E-state index contributed by atoms with van der Waals surface area (Å²) >= 11 is 0. The molecule has 0 saturated carbocycles. The first-order chi connectivity index (χ1) is 12.2. The summed E-state index contributed by atoms with van der Waals surface area (Å²) in [6, 6.07) is 20.7. The van der Waals surface area contributed by atoms with Crippen molar-refractivity contribution in [2.45, 2.75) is 18.3 Å². The molecule has 2 aromatic carbocycles. The summed E-state index contributed by atoms with van der Waals surface area (Å²) in [7, 11) is -0.377. The summed E-state index contributed by atoms with van der Waals surface area (Å²) in [5.41, 5.74) is 2.41. The second-order valence-corrected chi connectivity index (χ2v) is 8.33. The quantitative estimate of drug-likeness (QED) is 0.496. The van der Waals surface area contributed by atoms with Gasteiger partial charge in [0.25, 0.3) is 0 Å². The Balaban J connectivity index is 2.11. The van der Waals surface area contributed by atoms with E-state index in [1.165, 1.54) is 25.3 Å². The molecular weight excluding hydrogens is 331 g/mol. The highest BCUT2D eigenvalue weighted by atomic mass is 31.2. The smallest absolute Gasteiger partial charge is 0.309 e. The molecule has 0 bridgehead atoms. The summed E-state index contributed by atoms with van der Waals surface area (Å²) in [5, 5.41) is 0.709. The van der Waals surface area contributed by atoms with Crippen molar-refractivity contribution in [3.63, 3.8) is 0 Å². The van der Waals surface area contributed by atoms with Crippen LogP contribution >= 0.6 is 7.60 Å². The summed E-state index contributed by atoms with van der Waals surface area (Å²) in [6.45, 7) is 0. The molecule has 4 heteroatoms. The van der Waals surface area contributed by atoms with Crippen molar-refractivity contribution in [1.29, 1.82) is 0 Å². The highest BCUT2D eigenvalue weighted by molar-refractivity contribution is 7.58. The van der Waals surface area contributed by atoms with Crippen LogP contribution in [0.4, 0.5) is 0 Å². The standard InChI is InChI=1S/C21H23O3P/c1-23-25(22,24-2)19-14-9-15-20(17-10-5-3-6-11-17)21(16-19)18-12-7-4-8-13-18/h3-13,15-16,20-21H,14H2,1-2H3/t20-,21+/m0/s1. The van der Waals surface area contributed by atoms with Crippen LogP contribution in [-0.4, -0.2) is 14.2 Å². The molecule has 0 aromatic heterocycles. The summed E-state index contributed by atoms with van der Waals surface area (Å²) in [5.74, 6) is 0.235. The van der Waals surface area contributed by atoms with Crippen molar-refractivity contribution < 1.29 is 13.6 Å². The number of allylic oxidation sites excluding steroid dienone is 4. The van der Waals surface area contributed by atoms with E-state index < -0.39 is 7.60 Å². The lowest BCUT2D eigenvalue weighted by Gasteiger charge is -2.24. The average molecular weight is 354 g/mol. The molecule has 0 heterocycles. The van der Waals surface area contributed by atoms with Gasteiger partial charge in [-0.15, -0.1) is 0 Å². The van der Waals surface area contributed by atoms with E-state index in [2.05, 4.69) is 54.6 Å². The predicted molar refractivity (Wildman–Crippen MR) is 102 cm³/mol. The molecule has 0 fully saturated rings. The summed E-state index contributed by atoms with van der Waals surface area (Å²) in [6.07, 6.45) is 6.90. The van der Waals surface area contributed by atoms with Gasteiger partial charge in [-0.1, -0.05) is 78.9 Å². The molecule has 0 aliphatic heterocycles. The zero-order valence-electron chi connectivity index (χ0n) is 14.5. The molecule has 0 unspecified atom stereocenters. The minimum absolute atomic E-state index is 0.0657. The van der Waals surface area contributed by atoms with E-state index in [4.69, 9.17) is 9.05 Å². The predicted octanol–water partition coefficient (Wildman–Crippen LogP) is 5.88. The van der Waals surface area contributed by atoms with Crippen LogP contribution in [0.25, 0.3) is 0 Å². The molecular formula is C21H23O3P. The molecule has 130 valence electrons. The second-order valence-electron chi connectivity index (χ2n) is 6.03. The Morgan fingerprint density at radius 2 is 1.36 bits per heavy atom. The Labute approximate surface area is 149 Å². The minimum atomic E-state index is -3.25. The number of hydrogen-bond donors (Lipinski definition) is 0. The molecule has 3 nitrogen and oxygen atoms in total. The van der Waals surface area contributed by atoms with Gasteiger partial charge in [-0.3, -0.25) is 4.57 Å². The number of hydrogen-bond acceptors (Lipinski definition) is 3. The maximum Gasteiger partial charge on any atom is 0.356 e. The topological polar surface area (TPSA) is 35.5 Å². The van der Waals surface area contributed by atoms with Gasteiger partial charge >= 0.3 is 7.60 Å². The monoisotopic (exact) mass is 354 g/mol. The van der Waals surface area contributed by atoms with Crippen LogP contribution in [0.5, 0.6) is 0 Å². The third kappa shape index (κ3) is 3.85. The van der Waals surface area contributed by atoms with E-state index in [0.717, 1.165) is 0 Å². The molecule has 0 radical (unpaired) electrons. The molecule has 2 aromatic rings. The molecule has 0 saturated heterocycles. The summed E-state index contributed by atoms with van der Waals surface area (Å²) in [4.78, 5) is 0. The Hall–Kier alpha value is -1.93. The second kappa shape index (κ2) is 7.97. The van der Waals surface area contributed by atoms with Crippen LogP contribution in [0.2, 0.25) is 0 Å². The van der Waals surface area contributed by atoms with E-state index in [-0.39, 0.29) is 11.8 Å². The Bertz CT molecular complexity index is 788. The lowest BCUT2D eigenvalue weighted by molar-refractivity contribution is 0.282. The van der Waals surface area contributed by atoms with Crippen LogP contribution in [-0.2, 0) is 13.6 Å². The maximum atomic E-state index is 12.9. The SMILES string of the molecule is COP(=O)(OC)C1=C[C@H](c2ccccc2)[C@H](c2ccccc2)C=CC1. The Kier molecular flexibility index (Phi) is 5.70. The Morgan fingerprint density at radius 3 is 1.88 bits per heavy atom.